The molecular weight excluding hydrogens is 262 g/mol. The molecule has 2 saturated heterocycles. The van der Waals surface area contributed by atoms with Crippen molar-refractivity contribution in [2.75, 3.05) is 26.2 Å². The number of hydrogen-bond donors (Lipinski definition) is 1. The van der Waals surface area contributed by atoms with Gasteiger partial charge in [-0.3, -0.25) is 9.69 Å². The summed E-state index contributed by atoms with van der Waals surface area (Å²) in [4.78, 5) is 20.3. The third kappa shape index (κ3) is 2.66. The Labute approximate surface area is 116 Å². The molecule has 0 aliphatic carbocycles. The number of amides is 1. The molecule has 0 radical (unpaired) electrons. The lowest BCUT2D eigenvalue weighted by atomic mass is 10.1. The fourth-order valence-electron chi connectivity index (χ4n) is 3.02. The van der Waals surface area contributed by atoms with Gasteiger partial charge in [-0.25, -0.2) is 4.98 Å². The summed E-state index contributed by atoms with van der Waals surface area (Å²) in [5.41, 5.74) is 2.17. The number of rotatable bonds is 2. The number of aromatic nitrogens is 1. The summed E-state index contributed by atoms with van der Waals surface area (Å²) in [6.07, 6.45) is 3.24. The number of β-amino-alcohol motifs (C(OH)–C–C–N with tert-alkyl or cyclic N) is 1. The van der Waals surface area contributed by atoms with Crippen LogP contribution in [0.15, 0.2) is 10.9 Å². The highest BCUT2D eigenvalue weighted by atomic mass is 32.1. The number of aliphatic hydroxyl groups is 1. The van der Waals surface area contributed by atoms with Crippen molar-refractivity contribution < 1.29 is 9.90 Å². The molecule has 0 unspecified atom stereocenters. The Morgan fingerprint density at radius 3 is 2.79 bits per heavy atom. The lowest BCUT2D eigenvalue weighted by molar-refractivity contribution is 0.0702. The maximum absolute atomic E-state index is 12.2. The molecule has 0 aromatic carbocycles. The molecule has 1 N–H and O–H groups in total. The lowest BCUT2D eigenvalue weighted by Gasteiger charge is -2.33. The number of aliphatic hydroxyl groups excluding tert-OH is 1. The van der Waals surface area contributed by atoms with Crippen LogP contribution in [0, 0.1) is 0 Å². The van der Waals surface area contributed by atoms with Gasteiger partial charge in [0.2, 0.25) is 0 Å². The first kappa shape index (κ1) is 13.0. The number of likely N-dealkylation sites (tertiary alicyclic amines) is 2. The highest BCUT2D eigenvalue weighted by Gasteiger charge is 2.38. The van der Waals surface area contributed by atoms with E-state index < -0.39 is 6.10 Å². The normalized spacial score (nSPS) is 28.8. The van der Waals surface area contributed by atoms with E-state index in [1.165, 1.54) is 30.6 Å². The van der Waals surface area contributed by atoms with Crippen molar-refractivity contribution in [2.45, 2.75) is 31.4 Å². The predicted molar refractivity (Wildman–Crippen MR) is 73.2 cm³/mol. The van der Waals surface area contributed by atoms with Gasteiger partial charge in [0.1, 0.15) is 5.69 Å². The number of hydrogen-bond acceptors (Lipinski definition) is 5. The Hall–Kier alpha value is -0.980. The van der Waals surface area contributed by atoms with Crippen molar-refractivity contribution in [1.82, 2.24) is 14.8 Å². The number of piperidine rings is 1. The molecule has 2 aliphatic rings. The third-order valence-corrected chi connectivity index (χ3v) is 4.64. The van der Waals surface area contributed by atoms with Gasteiger partial charge < -0.3 is 10.0 Å². The summed E-state index contributed by atoms with van der Waals surface area (Å²) < 4.78 is 0. The van der Waals surface area contributed by atoms with E-state index in [9.17, 15) is 9.90 Å². The van der Waals surface area contributed by atoms with Crippen LogP contribution in [0.5, 0.6) is 0 Å². The van der Waals surface area contributed by atoms with Gasteiger partial charge in [0, 0.05) is 18.5 Å². The fourth-order valence-corrected chi connectivity index (χ4v) is 3.55. The van der Waals surface area contributed by atoms with Crippen molar-refractivity contribution in [1.29, 1.82) is 0 Å². The van der Waals surface area contributed by atoms with E-state index in [1.54, 1.807) is 15.8 Å². The number of nitrogens with zero attached hydrogens (tertiary/aromatic N) is 3. The van der Waals surface area contributed by atoms with Crippen LogP contribution in [-0.2, 0) is 0 Å². The quantitative estimate of drug-likeness (QED) is 0.872. The van der Waals surface area contributed by atoms with Crippen LogP contribution in [0.2, 0.25) is 0 Å². The van der Waals surface area contributed by atoms with E-state index >= 15 is 0 Å². The highest BCUT2D eigenvalue weighted by Crippen LogP contribution is 2.22. The van der Waals surface area contributed by atoms with Crippen molar-refractivity contribution in [3.8, 4) is 0 Å². The average molecular weight is 281 g/mol. The minimum atomic E-state index is -0.430. The molecule has 3 heterocycles. The van der Waals surface area contributed by atoms with Gasteiger partial charge in [0.15, 0.2) is 0 Å². The Morgan fingerprint density at radius 1 is 1.32 bits per heavy atom. The van der Waals surface area contributed by atoms with Gasteiger partial charge in [-0.15, -0.1) is 11.3 Å². The molecule has 2 fully saturated rings. The largest absolute Gasteiger partial charge is 0.390 e. The van der Waals surface area contributed by atoms with Crippen molar-refractivity contribution in [3.05, 3.63) is 16.6 Å². The molecule has 1 aromatic rings. The van der Waals surface area contributed by atoms with Crippen LogP contribution in [0.1, 0.15) is 29.8 Å². The Balaban J connectivity index is 1.65. The third-order valence-electron chi connectivity index (χ3n) is 4.06. The first-order chi connectivity index (χ1) is 9.25. The molecule has 104 valence electrons. The monoisotopic (exact) mass is 281 g/mol. The van der Waals surface area contributed by atoms with Crippen molar-refractivity contribution in [3.63, 3.8) is 0 Å². The van der Waals surface area contributed by atoms with Crippen LogP contribution in [-0.4, -0.2) is 64.1 Å². The molecule has 6 heteroatoms. The molecule has 19 heavy (non-hydrogen) atoms. The van der Waals surface area contributed by atoms with Crippen LogP contribution in [0.25, 0.3) is 0 Å². The second-order valence-electron chi connectivity index (χ2n) is 5.32. The van der Waals surface area contributed by atoms with E-state index in [-0.39, 0.29) is 11.9 Å². The van der Waals surface area contributed by atoms with Gasteiger partial charge in [-0.05, 0) is 25.9 Å². The molecule has 2 atom stereocenters. The summed E-state index contributed by atoms with van der Waals surface area (Å²) in [6.45, 7) is 3.13. The SMILES string of the molecule is O=C(c1cscn1)N1C[C@H](O)[C@@H](N2CCCCC2)C1. The molecular formula is C13H19N3O2S. The summed E-state index contributed by atoms with van der Waals surface area (Å²) in [5, 5.41) is 12.0. The minimum absolute atomic E-state index is 0.0557. The zero-order chi connectivity index (χ0) is 13.2. The van der Waals surface area contributed by atoms with Gasteiger partial charge in [0.05, 0.1) is 17.7 Å². The standard InChI is InChI=1S/C13H19N3O2S/c17-12-7-16(13(18)10-8-19-9-14-10)6-11(12)15-4-2-1-3-5-15/h8-9,11-12,17H,1-7H2/t11-,12-/m0/s1. The van der Waals surface area contributed by atoms with E-state index in [2.05, 4.69) is 9.88 Å². The Bertz CT molecular complexity index is 431. The highest BCUT2D eigenvalue weighted by molar-refractivity contribution is 7.07. The summed E-state index contributed by atoms with van der Waals surface area (Å²) in [6, 6.07) is 0.0999. The van der Waals surface area contributed by atoms with Crippen molar-refractivity contribution >= 4 is 17.2 Å². The van der Waals surface area contributed by atoms with E-state index in [1.807, 2.05) is 0 Å². The Morgan fingerprint density at radius 2 is 2.11 bits per heavy atom. The van der Waals surface area contributed by atoms with Crippen LogP contribution in [0.3, 0.4) is 0 Å². The molecule has 0 saturated carbocycles. The van der Waals surface area contributed by atoms with Gasteiger partial charge in [0.25, 0.3) is 5.91 Å². The first-order valence-corrected chi connectivity index (χ1v) is 7.79. The predicted octanol–water partition coefficient (Wildman–Crippen LogP) is 0.814. The maximum Gasteiger partial charge on any atom is 0.273 e. The van der Waals surface area contributed by atoms with E-state index in [4.69, 9.17) is 0 Å². The molecule has 1 amide bonds. The molecule has 3 rings (SSSR count). The van der Waals surface area contributed by atoms with Gasteiger partial charge in [-0.1, -0.05) is 6.42 Å². The van der Waals surface area contributed by atoms with Crippen LogP contribution < -0.4 is 0 Å². The average Bonchev–Trinajstić information content (AvgIpc) is 3.08. The number of carbonyl (C=O) groups is 1. The van der Waals surface area contributed by atoms with Gasteiger partial charge in [-0.2, -0.15) is 0 Å². The van der Waals surface area contributed by atoms with Gasteiger partial charge >= 0.3 is 0 Å². The number of thiazole rings is 1. The van der Waals surface area contributed by atoms with Crippen LogP contribution >= 0.6 is 11.3 Å². The molecule has 0 bridgehead atoms. The zero-order valence-electron chi connectivity index (χ0n) is 10.9. The maximum atomic E-state index is 12.2. The lowest BCUT2D eigenvalue weighted by Crippen LogP contribution is -2.46. The fraction of sp³-hybridized carbons (Fsp3) is 0.692. The topological polar surface area (TPSA) is 56.7 Å². The van der Waals surface area contributed by atoms with E-state index in [0.717, 1.165) is 13.1 Å². The summed E-state index contributed by atoms with van der Waals surface area (Å²) in [7, 11) is 0. The smallest absolute Gasteiger partial charge is 0.273 e. The minimum Gasteiger partial charge on any atom is -0.390 e. The second kappa shape index (κ2) is 5.56. The van der Waals surface area contributed by atoms with Crippen LogP contribution in [0.4, 0.5) is 0 Å². The summed E-state index contributed by atoms with van der Waals surface area (Å²) >= 11 is 1.42. The second-order valence-corrected chi connectivity index (χ2v) is 6.03. The Kier molecular flexibility index (Phi) is 3.81. The van der Waals surface area contributed by atoms with Crippen molar-refractivity contribution in [2.24, 2.45) is 0 Å². The molecule has 5 nitrogen and oxygen atoms in total. The summed E-state index contributed by atoms with van der Waals surface area (Å²) in [5.74, 6) is -0.0557. The zero-order valence-corrected chi connectivity index (χ0v) is 11.7. The number of carbonyl (C=O) groups excluding carboxylic acids is 1. The first-order valence-electron chi connectivity index (χ1n) is 6.85. The van der Waals surface area contributed by atoms with E-state index in [0.29, 0.717) is 18.8 Å². The molecule has 2 aliphatic heterocycles. The molecule has 1 aromatic heterocycles. The molecule has 0 spiro atoms.